The predicted molar refractivity (Wildman–Crippen MR) is 55.0 cm³/mol. The molecule has 0 aliphatic rings. The number of benzene rings is 1. The van der Waals surface area contributed by atoms with E-state index in [4.69, 9.17) is 6.42 Å². The third-order valence-corrected chi connectivity index (χ3v) is 3.32. The zero-order valence-electron chi connectivity index (χ0n) is 7.24. The van der Waals surface area contributed by atoms with Crippen molar-refractivity contribution in [3.63, 3.8) is 0 Å². The van der Waals surface area contributed by atoms with Gasteiger partial charge in [0.1, 0.15) is 0 Å². The van der Waals surface area contributed by atoms with Crippen LogP contribution in [0.2, 0.25) is 0 Å². The van der Waals surface area contributed by atoms with Gasteiger partial charge in [-0.25, -0.2) is 0 Å². The van der Waals surface area contributed by atoms with Crippen LogP contribution in [-0.4, -0.2) is 35.0 Å². The molecule has 0 N–H and O–H groups in total. The van der Waals surface area contributed by atoms with Crippen molar-refractivity contribution < 1.29 is 0 Å². The van der Waals surface area contributed by atoms with Gasteiger partial charge in [-0.15, -0.1) is 0 Å². The minimum atomic E-state index is -0.359. The second kappa shape index (κ2) is 4.41. The zero-order valence-corrected chi connectivity index (χ0v) is 9.57. The molecule has 0 saturated heterocycles. The van der Waals surface area contributed by atoms with Crippen molar-refractivity contribution in [1.29, 1.82) is 0 Å². The molecule has 0 aliphatic carbocycles. The van der Waals surface area contributed by atoms with Gasteiger partial charge in [-0.05, 0) is 0 Å². The molecule has 1 aromatic rings. The molecule has 0 radical (unpaired) electrons. The Bertz CT molecular complexity index is 282. The van der Waals surface area contributed by atoms with Crippen LogP contribution in [0.4, 0.5) is 5.69 Å². The Morgan fingerprint density at radius 3 is 2.25 bits per heavy atom. The molecule has 0 bridgehead atoms. The molecule has 0 saturated carbocycles. The van der Waals surface area contributed by atoms with Gasteiger partial charge >= 0.3 is 83.9 Å². The summed E-state index contributed by atoms with van der Waals surface area (Å²) in [5.74, 6) is 0. The van der Waals surface area contributed by atoms with Crippen LogP contribution in [0.3, 0.4) is 0 Å². The quantitative estimate of drug-likeness (QED) is 0.565. The fourth-order valence-electron chi connectivity index (χ4n) is 0.880. The van der Waals surface area contributed by atoms with Crippen molar-refractivity contribution in [2.75, 3.05) is 19.0 Å². The first-order chi connectivity index (χ1) is 5.74. The first-order valence-corrected chi connectivity index (χ1v) is 5.97. The van der Waals surface area contributed by atoms with Crippen LogP contribution in [0.1, 0.15) is 0 Å². The number of anilines is 1. The molecule has 0 aliphatic heterocycles. The molecule has 2 heteroatoms. The molecule has 0 aromatic heterocycles. The van der Waals surface area contributed by atoms with Crippen molar-refractivity contribution >= 4 is 30.2 Å². The van der Waals surface area contributed by atoms with E-state index in [1.54, 1.807) is 0 Å². The Balaban J connectivity index is 2.80. The van der Waals surface area contributed by atoms with Crippen molar-refractivity contribution in [3.05, 3.63) is 24.3 Å². The van der Waals surface area contributed by atoms with E-state index in [0.717, 1.165) is 0 Å². The number of terminal acetylenes is 1. The SMILES string of the molecule is C#C[Te]c1ccc(N(C)C)cc1. The molecule has 0 atom stereocenters. The number of hydrogen-bond acceptors (Lipinski definition) is 1. The third-order valence-electron chi connectivity index (χ3n) is 1.53. The average molecular weight is 273 g/mol. The maximum atomic E-state index is 5.26. The van der Waals surface area contributed by atoms with Gasteiger partial charge in [0.15, 0.2) is 0 Å². The molecule has 1 nitrogen and oxygen atoms in total. The van der Waals surface area contributed by atoms with Gasteiger partial charge in [0.2, 0.25) is 0 Å². The fourth-order valence-corrected chi connectivity index (χ4v) is 2.05. The van der Waals surface area contributed by atoms with E-state index >= 15 is 0 Å². The molecule has 1 rings (SSSR count). The van der Waals surface area contributed by atoms with Crippen LogP contribution in [-0.2, 0) is 0 Å². The first-order valence-electron chi connectivity index (χ1n) is 3.64. The van der Waals surface area contributed by atoms with E-state index < -0.39 is 0 Å². The van der Waals surface area contributed by atoms with Crippen molar-refractivity contribution in [2.45, 2.75) is 0 Å². The second-order valence-corrected chi connectivity index (χ2v) is 5.21. The summed E-state index contributed by atoms with van der Waals surface area (Å²) in [4.78, 5) is 2.08. The second-order valence-electron chi connectivity index (χ2n) is 2.61. The first kappa shape index (κ1) is 9.46. The molecular formula is C10H11NTe. The van der Waals surface area contributed by atoms with Gasteiger partial charge in [0.25, 0.3) is 0 Å². The van der Waals surface area contributed by atoms with Crippen LogP contribution in [0.5, 0.6) is 0 Å². The summed E-state index contributed by atoms with van der Waals surface area (Å²) in [6, 6.07) is 8.46. The summed E-state index contributed by atoms with van der Waals surface area (Å²) in [6.45, 7) is 0. The standard InChI is InChI=1S/C10H11NTe/c1-4-12-10-7-5-9(6-8-10)11(2)3/h1,5-8H,2-3H3. The predicted octanol–water partition coefficient (Wildman–Crippen LogP) is 0.673. The van der Waals surface area contributed by atoms with Gasteiger partial charge in [0, 0.05) is 0 Å². The Morgan fingerprint density at radius 1 is 1.25 bits per heavy atom. The van der Waals surface area contributed by atoms with E-state index in [2.05, 4.69) is 33.1 Å². The number of rotatable bonds is 2. The monoisotopic (exact) mass is 275 g/mol. The Hall–Kier alpha value is -0.630. The normalized spacial score (nSPS) is 9.08. The molecule has 0 amide bonds. The van der Waals surface area contributed by atoms with Crippen LogP contribution in [0.15, 0.2) is 24.3 Å². The Morgan fingerprint density at radius 2 is 1.83 bits per heavy atom. The van der Waals surface area contributed by atoms with Gasteiger partial charge in [-0.2, -0.15) is 0 Å². The van der Waals surface area contributed by atoms with Crippen molar-refractivity contribution in [2.24, 2.45) is 0 Å². The van der Waals surface area contributed by atoms with E-state index in [-0.39, 0.29) is 20.9 Å². The van der Waals surface area contributed by atoms with E-state index in [1.807, 2.05) is 14.1 Å². The van der Waals surface area contributed by atoms with E-state index in [1.165, 1.54) is 9.30 Å². The molecule has 0 fully saturated rings. The number of nitrogens with zero attached hydrogens (tertiary/aromatic N) is 1. The van der Waals surface area contributed by atoms with E-state index in [9.17, 15) is 0 Å². The Labute approximate surface area is 83.9 Å². The molecular weight excluding hydrogens is 262 g/mol. The third kappa shape index (κ3) is 2.45. The number of hydrogen-bond donors (Lipinski definition) is 0. The van der Waals surface area contributed by atoms with Gasteiger partial charge in [-0.3, -0.25) is 0 Å². The summed E-state index contributed by atoms with van der Waals surface area (Å²) >= 11 is -0.359. The van der Waals surface area contributed by atoms with Crippen LogP contribution in [0.25, 0.3) is 0 Å². The van der Waals surface area contributed by atoms with Crippen LogP contribution in [0, 0.1) is 10.4 Å². The summed E-state index contributed by atoms with van der Waals surface area (Å²) in [6.07, 6.45) is 5.26. The van der Waals surface area contributed by atoms with Gasteiger partial charge < -0.3 is 0 Å². The van der Waals surface area contributed by atoms with Gasteiger partial charge in [-0.1, -0.05) is 0 Å². The van der Waals surface area contributed by atoms with Crippen LogP contribution < -0.4 is 8.51 Å². The summed E-state index contributed by atoms with van der Waals surface area (Å²) < 4.78 is 4.08. The summed E-state index contributed by atoms with van der Waals surface area (Å²) in [5, 5.41) is 0. The van der Waals surface area contributed by atoms with Crippen molar-refractivity contribution in [1.82, 2.24) is 0 Å². The fraction of sp³-hybridized carbons (Fsp3) is 0.200. The van der Waals surface area contributed by atoms with Crippen LogP contribution >= 0.6 is 0 Å². The molecule has 0 heterocycles. The molecule has 0 spiro atoms. The van der Waals surface area contributed by atoms with Gasteiger partial charge in [0.05, 0.1) is 0 Å². The Kier molecular flexibility index (Phi) is 3.47. The summed E-state index contributed by atoms with van der Waals surface area (Å²) in [7, 11) is 4.07. The molecule has 62 valence electrons. The zero-order chi connectivity index (χ0) is 8.97. The van der Waals surface area contributed by atoms with E-state index in [0.29, 0.717) is 0 Å². The molecule has 12 heavy (non-hydrogen) atoms. The molecule has 1 aromatic carbocycles. The average Bonchev–Trinajstić information content (AvgIpc) is 2.06. The van der Waals surface area contributed by atoms with Crippen molar-refractivity contribution in [3.8, 4) is 10.4 Å². The summed E-state index contributed by atoms with van der Waals surface area (Å²) in [5.41, 5.74) is 1.23. The topological polar surface area (TPSA) is 3.24 Å². The maximum absolute atomic E-state index is 5.26. The minimum absolute atomic E-state index is 0.359. The molecule has 0 unspecified atom stereocenters.